The summed E-state index contributed by atoms with van der Waals surface area (Å²) >= 11 is 12.3. The fourth-order valence-corrected chi connectivity index (χ4v) is 2.90. The van der Waals surface area contributed by atoms with E-state index in [0.717, 1.165) is 11.4 Å². The number of aryl methyl sites for hydroxylation is 1. The summed E-state index contributed by atoms with van der Waals surface area (Å²) in [5.74, 6) is 1.56. The lowest BCUT2D eigenvalue weighted by atomic mass is 10.1. The Morgan fingerprint density at radius 3 is 2.68 bits per heavy atom. The molecule has 0 aliphatic heterocycles. The third kappa shape index (κ3) is 3.50. The summed E-state index contributed by atoms with van der Waals surface area (Å²) < 4.78 is 12.6. The summed E-state index contributed by atoms with van der Waals surface area (Å²) in [4.78, 5) is 4.49. The van der Waals surface area contributed by atoms with Crippen molar-refractivity contribution in [3.05, 3.63) is 45.5 Å². The Morgan fingerprint density at radius 2 is 2.04 bits per heavy atom. The SMILES string of the molecule is COc1ccc(Cl)cc1-c1noc(C(C)Cn2nc(C)c(Cl)c2C)n1. The van der Waals surface area contributed by atoms with Crippen molar-refractivity contribution in [3.8, 4) is 17.1 Å². The molecule has 3 aromatic rings. The molecule has 0 spiro atoms. The number of ether oxygens (including phenoxy) is 1. The van der Waals surface area contributed by atoms with Crippen LogP contribution >= 0.6 is 23.2 Å². The van der Waals surface area contributed by atoms with Crippen LogP contribution in [0.25, 0.3) is 11.4 Å². The van der Waals surface area contributed by atoms with Crippen LogP contribution in [-0.4, -0.2) is 27.0 Å². The third-order valence-electron chi connectivity index (χ3n) is 4.01. The van der Waals surface area contributed by atoms with E-state index in [1.165, 1.54) is 0 Å². The average Bonchev–Trinajstić information content (AvgIpc) is 3.17. The Kier molecular flexibility index (Phi) is 5.01. The summed E-state index contributed by atoms with van der Waals surface area (Å²) in [5.41, 5.74) is 2.41. The highest BCUT2D eigenvalue weighted by Gasteiger charge is 2.20. The lowest BCUT2D eigenvalue weighted by Crippen LogP contribution is -2.09. The van der Waals surface area contributed by atoms with E-state index in [2.05, 4.69) is 15.2 Å². The molecule has 0 radical (unpaired) electrons. The van der Waals surface area contributed by atoms with Crippen molar-refractivity contribution in [1.29, 1.82) is 0 Å². The molecule has 132 valence electrons. The van der Waals surface area contributed by atoms with Crippen LogP contribution in [0.15, 0.2) is 22.7 Å². The Balaban J connectivity index is 1.86. The van der Waals surface area contributed by atoms with Gasteiger partial charge in [-0.3, -0.25) is 4.68 Å². The van der Waals surface area contributed by atoms with Crippen molar-refractivity contribution < 1.29 is 9.26 Å². The molecule has 3 rings (SSSR count). The molecule has 25 heavy (non-hydrogen) atoms. The molecule has 0 fully saturated rings. The highest BCUT2D eigenvalue weighted by atomic mass is 35.5. The second-order valence-electron chi connectivity index (χ2n) is 5.87. The minimum Gasteiger partial charge on any atom is -0.496 e. The van der Waals surface area contributed by atoms with Gasteiger partial charge in [-0.05, 0) is 32.0 Å². The zero-order valence-corrected chi connectivity index (χ0v) is 15.9. The summed E-state index contributed by atoms with van der Waals surface area (Å²) in [6, 6.07) is 5.27. The molecule has 0 aliphatic carbocycles. The summed E-state index contributed by atoms with van der Waals surface area (Å²) in [6.07, 6.45) is 0. The number of hydrogen-bond donors (Lipinski definition) is 0. The molecule has 2 aromatic heterocycles. The van der Waals surface area contributed by atoms with Crippen molar-refractivity contribution >= 4 is 23.2 Å². The van der Waals surface area contributed by atoms with Gasteiger partial charge >= 0.3 is 0 Å². The van der Waals surface area contributed by atoms with Gasteiger partial charge in [0.2, 0.25) is 11.7 Å². The topological polar surface area (TPSA) is 66.0 Å². The number of halogens is 2. The minimum absolute atomic E-state index is 0.0273. The number of aromatic nitrogens is 4. The fraction of sp³-hybridized carbons (Fsp3) is 0.353. The molecule has 0 amide bonds. The maximum atomic E-state index is 6.20. The smallest absolute Gasteiger partial charge is 0.231 e. The molecular formula is C17H18Cl2N4O2. The summed E-state index contributed by atoms with van der Waals surface area (Å²) in [5, 5.41) is 9.76. The first-order chi connectivity index (χ1) is 11.9. The van der Waals surface area contributed by atoms with Crippen LogP contribution in [0, 0.1) is 13.8 Å². The first kappa shape index (κ1) is 17.8. The van der Waals surface area contributed by atoms with Gasteiger partial charge in [-0.1, -0.05) is 35.3 Å². The van der Waals surface area contributed by atoms with Crippen molar-refractivity contribution in [2.45, 2.75) is 33.2 Å². The average molecular weight is 381 g/mol. The third-order valence-corrected chi connectivity index (χ3v) is 4.79. The number of nitrogens with zero attached hydrogens (tertiary/aromatic N) is 4. The first-order valence-corrected chi connectivity index (χ1v) is 8.53. The minimum atomic E-state index is -0.0273. The van der Waals surface area contributed by atoms with Crippen molar-refractivity contribution in [2.75, 3.05) is 7.11 Å². The Bertz CT molecular complexity index is 904. The molecule has 2 heterocycles. The van der Waals surface area contributed by atoms with Crippen LogP contribution in [0.4, 0.5) is 0 Å². The van der Waals surface area contributed by atoms with Crippen LogP contribution in [0.3, 0.4) is 0 Å². The second kappa shape index (κ2) is 7.06. The molecule has 0 saturated carbocycles. The standard InChI is InChI=1S/C17H18Cl2N4O2/c1-9(8-23-11(3)15(19)10(2)21-23)17-20-16(22-25-17)13-7-12(18)5-6-14(13)24-4/h5-7,9H,8H2,1-4H3. The van der Waals surface area contributed by atoms with E-state index in [0.29, 0.717) is 39.6 Å². The van der Waals surface area contributed by atoms with E-state index >= 15 is 0 Å². The summed E-state index contributed by atoms with van der Waals surface area (Å²) in [7, 11) is 1.59. The zero-order valence-electron chi connectivity index (χ0n) is 14.4. The second-order valence-corrected chi connectivity index (χ2v) is 6.68. The van der Waals surface area contributed by atoms with Gasteiger partial charge in [-0.25, -0.2) is 0 Å². The fourth-order valence-electron chi connectivity index (χ4n) is 2.59. The predicted octanol–water partition coefficient (Wildman–Crippen LogP) is 4.67. The van der Waals surface area contributed by atoms with Crippen LogP contribution in [-0.2, 0) is 6.54 Å². The molecule has 1 atom stereocenters. The van der Waals surface area contributed by atoms with E-state index in [9.17, 15) is 0 Å². The van der Waals surface area contributed by atoms with E-state index in [4.69, 9.17) is 32.5 Å². The summed E-state index contributed by atoms with van der Waals surface area (Å²) in [6.45, 7) is 6.41. The van der Waals surface area contributed by atoms with Crippen LogP contribution in [0.1, 0.15) is 30.1 Å². The molecular weight excluding hydrogens is 363 g/mol. The van der Waals surface area contributed by atoms with Gasteiger partial charge in [-0.2, -0.15) is 10.1 Å². The molecule has 1 aromatic carbocycles. The quantitative estimate of drug-likeness (QED) is 0.643. The highest BCUT2D eigenvalue weighted by Crippen LogP contribution is 2.31. The number of rotatable bonds is 5. The van der Waals surface area contributed by atoms with E-state index in [1.807, 2.05) is 25.5 Å². The Morgan fingerprint density at radius 1 is 1.28 bits per heavy atom. The lowest BCUT2D eigenvalue weighted by molar-refractivity contribution is 0.341. The van der Waals surface area contributed by atoms with Gasteiger partial charge in [0.05, 0.1) is 41.5 Å². The Hall–Kier alpha value is -2.05. The Labute approximate surface area is 155 Å². The van der Waals surface area contributed by atoms with E-state index in [-0.39, 0.29) is 5.92 Å². The first-order valence-electron chi connectivity index (χ1n) is 7.77. The van der Waals surface area contributed by atoms with Gasteiger partial charge in [0, 0.05) is 5.02 Å². The van der Waals surface area contributed by atoms with Gasteiger partial charge in [0.15, 0.2) is 0 Å². The number of methoxy groups -OCH3 is 1. The van der Waals surface area contributed by atoms with Gasteiger partial charge in [0.1, 0.15) is 5.75 Å². The molecule has 0 bridgehead atoms. The van der Waals surface area contributed by atoms with Crippen molar-refractivity contribution in [2.24, 2.45) is 0 Å². The lowest BCUT2D eigenvalue weighted by Gasteiger charge is -2.08. The molecule has 0 aliphatic rings. The number of benzene rings is 1. The maximum Gasteiger partial charge on any atom is 0.231 e. The van der Waals surface area contributed by atoms with Crippen LogP contribution in [0.5, 0.6) is 5.75 Å². The molecule has 0 N–H and O–H groups in total. The van der Waals surface area contributed by atoms with Crippen molar-refractivity contribution in [3.63, 3.8) is 0 Å². The molecule has 8 heteroatoms. The predicted molar refractivity (Wildman–Crippen MR) is 96.4 cm³/mol. The maximum absolute atomic E-state index is 6.20. The largest absolute Gasteiger partial charge is 0.496 e. The van der Waals surface area contributed by atoms with Crippen molar-refractivity contribution in [1.82, 2.24) is 19.9 Å². The highest BCUT2D eigenvalue weighted by molar-refractivity contribution is 6.31. The van der Waals surface area contributed by atoms with Crippen LogP contribution in [0.2, 0.25) is 10.0 Å². The van der Waals surface area contributed by atoms with Crippen LogP contribution < -0.4 is 4.74 Å². The monoisotopic (exact) mass is 380 g/mol. The van der Waals surface area contributed by atoms with E-state index in [1.54, 1.807) is 25.3 Å². The molecule has 0 saturated heterocycles. The molecule has 6 nitrogen and oxygen atoms in total. The van der Waals surface area contributed by atoms with Gasteiger partial charge in [0.25, 0.3) is 0 Å². The normalized spacial score (nSPS) is 12.4. The van der Waals surface area contributed by atoms with Gasteiger partial charge < -0.3 is 9.26 Å². The van der Waals surface area contributed by atoms with E-state index < -0.39 is 0 Å². The number of hydrogen-bond acceptors (Lipinski definition) is 5. The molecule has 1 unspecified atom stereocenters. The van der Waals surface area contributed by atoms with Gasteiger partial charge in [-0.15, -0.1) is 0 Å². The zero-order chi connectivity index (χ0) is 18.1.